The third-order valence-electron chi connectivity index (χ3n) is 2.26. The lowest BCUT2D eigenvalue weighted by atomic mass is 9.97. The molecule has 1 atom stereocenters. The van der Waals surface area contributed by atoms with Crippen LogP contribution in [-0.2, 0) is 4.79 Å². The van der Waals surface area contributed by atoms with Gasteiger partial charge in [0.05, 0.1) is 5.92 Å². The van der Waals surface area contributed by atoms with E-state index in [2.05, 4.69) is 0 Å². The highest BCUT2D eigenvalue weighted by atomic mass is 19.1. The van der Waals surface area contributed by atoms with Crippen molar-refractivity contribution in [3.63, 3.8) is 0 Å². The largest absolute Gasteiger partial charge is 0.348 e. The van der Waals surface area contributed by atoms with Crippen LogP contribution in [0.15, 0.2) is 24.3 Å². The molecule has 0 saturated carbocycles. The highest BCUT2D eigenvalue weighted by Crippen LogP contribution is 2.19. The molecular formula is C11H15FN2O. The van der Waals surface area contributed by atoms with Gasteiger partial charge >= 0.3 is 0 Å². The van der Waals surface area contributed by atoms with Crippen molar-refractivity contribution in [2.24, 2.45) is 5.73 Å². The Hall–Kier alpha value is -1.42. The molecule has 15 heavy (non-hydrogen) atoms. The summed E-state index contributed by atoms with van der Waals surface area (Å²) in [7, 11) is 3.26. The van der Waals surface area contributed by atoms with Crippen LogP contribution in [0.4, 0.5) is 4.39 Å². The Morgan fingerprint density at radius 2 is 2.07 bits per heavy atom. The smallest absolute Gasteiger partial charge is 0.230 e. The Labute approximate surface area is 88.7 Å². The minimum Gasteiger partial charge on any atom is -0.348 e. The number of carbonyl (C=O) groups is 1. The molecule has 0 radical (unpaired) electrons. The van der Waals surface area contributed by atoms with Gasteiger partial charge in [0, 0.05) is 26.2 Å². The predicted octanol–water partition coefficient (Wildman–Crippen LogP) is 0.956. The van der Waals surface area contributed by atoms with E-state index in [0.29, 0.717) is 5.56 Å². The minimum absolute atomic E-state index is 0.109. The molecule has 82 valence electrons. The number of nitrogens with zero attached hydrogens (tertiary/aromatic N) is 1. The van der Waals surface area contributed by atoms with Gasteiger partial charge in [0.2, 0.25) is 5.91 Å². The molecule has 0 heterocycles. The van der Waals surface area contributed by atoms with E-state index >= 15 is 0 Å². The summed E-state index contributed by atoms with van der Waals surface area (Å²) in [5.41, 5.74) is 5.86. The first-order chi connectivity index (χ1) is 7.07. The maximum atomic E-state index is 13.4. The lowest BCUT2D eigenvalue weighted by Gasteiger charge is -2.19. The summed E-state index contributed by atoms with van der Waals surface area (Å²) in [6.07, 6.45) is 0. The fourth-order valence-electron chi connectivity index (χ4n) is 1.43. The zero-order valence-electron chi connectivity index (χ0n) is 8.90. The highest BCUT2D eigenvalue weighted by Gasteiger charge is 2.23. The first kappa shape index (κ1) is 11.7. The fraction of sp³-hybridized carbons (Fsp3) is 0.364. The van der Waals surface area contributed by atoms with Gasteiger partial charge in [-0.15, -0.1) is 0 Å². The SMILES string of the molecule is CN(C)C(=O)C(CN)c1ccccc1F. The third-order valence-corrected chi connectivity index (χ3v) is 2.26. The Balaban J connectivity index is 3.03. The second kappa shape index (κ2) is 4.89. The van der Waals surface area contributed by atoms with Crippen LogP contribution in [0, 0.1) is 5.82 Å². The topological polar surface area (TPSA) is 46.3 Å². The number of carbonyl (C=O) groups excluding carboxylic acids is 1. The van der Waals surface area contributed by atoms with Gasteiger partial charge in [-0.3, -0.25) is 4.79 Å². The van der Waals surface area contributed by atoms with E-state index in [1.165, 1.54) is 11.0 Å². The Morgan fingerprint density at radius 1 is 1.47 bits per heavy atom. The molecule has 0 saturated heterocycles. The Bertz CT molecular complexity index is 352. The second-order valence-corrected chi connectivity index (χ2v) is 3.54. The molecule has 0 aliphatic carbocycles. The second-order valence-electron chi connectivity index (χ2n) is 3.54. The van der Waals surface area contributed by atoms with Crippen LogP contribution in [0.3, 0.4) is 0 Å². The van der Waals surface area contributed by atoms with Crippen LogP contribution in [0.1, 0.15) is 11.5 Å². The van der Waals surface area contributed by atoms with Crippen LogP contribution < -0.4 is 5.73 Å². The molecule has 0 aliphatic rings. The van der Waals surface area contributed by atoms with Crippen molar-refractivity contribution in [2.75, 3.05) is 20.6 Å². The van der Waals surface area contributed by atoms with Crippen LogP contribution in [0.25, 0.3) is 0 Å². The van der Waals surface area contributed by atoms with Gasteiger partial charge in [0.15, 0.2) is 0 Å². The quantitative estimate of drug-likeness (QED) is 0.807. The molecule has 1 amide bonds. The van der Waals surface area contributed by atoms with Gasteiger partial charge < -0.3 is 10.6 Å². The van der Waals surface area contributed by atoms with Crippen molar-refractivity contribution in [3.8, 4) is 0 Å². The number of amides is 1. The van der Waals surface area contributed by atoms with Crippen molar-refractivity contribution in [1.29, 1.82) is 0 Å². The predicted molar refractivity (Wildman–Crippen MR) is 56.9 cm³/mol. The van der Waals surface area contributed by atoms with E-state index in [0.717, 1.165) is 0 Å². The van der Waals surface area contributed by atoms with Gasteiger partial charge in [0.1, 0.15) is 5.82 Å². The first-order valence-corrected chi connectivity index (χ1v) is 4.73. The number of rotatable bonds is 3. The highest BCUT2D eigenvalue weighted by molar-refractivity contribution is 5.83. The molecule has 1 unspecified atom stereocenters. The van der Waals surface area contributed by atoms with Crippen LogP contribution in [0.2, 0.25) is 0 Å². The molecule has 0 bridgehead atoms. The molecule has 2 N–H and O–H groups in total. The normalized spacial score (nSPS) is 12.3. The van der Waals surface area contributed by atoms with Crippen molar-refractivity contribution >= 4 is 5.91 Å². The molecule has 3 nitrogen and oxygen atoms in total. The number of benzene rings is 1. The Morgan fingerprint density at radius 3 is 2.53 bits per heavy atom. The van der Waals surface area contributed by atoms with Crippen molar-refractivity contribution < 1.29 is 9.18 Å². The van der Waals surface area contributed by atoms with Crippen LogP contribution in [0.5, 0.6) is 0 Å². The van der Waals surface area contributed by atoms with Crippen molar-refractivity contribution in [2.45, 2.75) is 5.92 Å². The molecule has 0 spiro atoms. The Kier molecular flexibility index (Phi) is 3.80. The zero-order chi connectivity index (χ0) is 11.4. The number of nitrogens with two attached hydrogens (primary N) is 1. The van der Waals surface area contributed by atoms with Gasteiger partial charge in [-0.25, -0.2) is 4.39 Å². The number of hydrogen-bond acceptors (Lipinski definition) is 2. The van der Waals surface area contributed by atoms with Crippen molar-refractivity contribution in [1.82, 2.24) is 4.90 Å². The summed E-state index contributed by atoms with van der Waals surface area (Å²) >= 11 is 0. The number of halogens is 1. The van der Waals surface area contributed by atoms with E-state index < -0.39 is 5.92 Å². The fourth-order valence-corrected chi connectivity index (χ4v) is 1.43. The first-order valence-electron chi connectivity index (χ1n) is 4.73. The van der Waals surface area contributed by atoms with Crippen molar-refractivity contribution in [3.05, 3.63) is 35.6 Å². The molecule has 1 aromatic rings. The number of likely N-dealkylation sites (N-methyl/N-ethyl adjacent to an activating group) is 1. The van der Waals surface area contributed by atoms with E-state index in [9.17, 15) is 9.18 Å². The molecule has 4 heteroatoms. The van der Waals surface area contributed by atoms with Gasteiger partial charge in [-0.1, -0.05) is 18.2 Å². The summed E-state index contributed by atoms with van der Waals surface area (Å²) in [6, 6.07) is 6.21. The monoisotopic (exact) mass is 210 g/mol. The van der Waals surface area contributed by atoms with Crippen LogP contribution in [-0.4, -0.2) is 31.4 Å². The zero-order valence-corrected chi connectivity index (χ0v) is 8.90. The van der Waals surface area contributed by atoms with Crippen LogP contribution >= 0.6 is 0 Å². The van der Waals surface area contributed by atoms with E-state index in [1.807, 2.05) is 0 Å². The lowest BCUT2D eigenvalue weighted by molar-refractivity contribution is -0.130. The van der Waals surface area contributed by atoms with Gasteiger partial charge in [-0.05, 0) is 6.07 Å². The van der Waals surface area contributed by atoms with E-state index in [4.69, 9.17) is 5.73 Å². The molecule has 0 aromatic heterocycles. The molecular weight excluding hydrogens is 195 g/mol. The molecule has 1 aromatic carbocycles. The molecule has 0 fully saturated rings. The average molecular weight is 210 g/mol. The maximum Gasteiger partial charge on any atom is 0.230 e. The maximum absolute atomic E-state index is 13.4. The number of hydrogen-bond donors (Lipinski definition) is 1. The van der Waals surface area contributed by atoms with E-state index in [1.54, 1.807) is 32.3 Å². The third kappa shape index (κ3) is 2.53. The summed E-state index contributed by atoms with van der Waals surface area (Å²) in [6.45, 7) is 0.109. The molecule has 1 rings (SSSR count). The summed E-state index contributed by atoms with van der Waals surface area (Å²) in [5.74, 6) is -1.16. The summed E-state index contributed by atoms with van der Waals surface area (Å²) in [5, 5.41) is 0. The summed E-state index contributed by atoms with van der Waals surface area (Å²) in [4.78, 5) is 13.1. The summed E-state index contributed by atoms with van der Waals surface area (Å²) < 4.78 is 13.4. The standard InChI is InChI=1S/C11H15FN2O/c1-14(2)11(15)9(7-13)8-5-3-4-6-10(8)12/h3-6,9H,7,13H2,1-2H3. The average Bonchev–Trinajstić information content (AvgIpc) is 2.21. The van der Waals surface area contributed by atoms with Gasteiger partial charge in [-0.2, -0.15) is 0 Å². The minimum atomic E-state index is -0.596. The van der Waals surface area contributed by atoms with E-state index in [-0.39, 0.29) is 18.3 Å². The molecule has 0 aliphatic heterocycles. The lowest BCUT2D eigenvalue weighted by Crippen LogP contribution is -2.33. The van der Waals surface area contributed by atoms with Gasteiger partial charge in [0.25, 0.3) is 0 Å².